The molecule has 0 saturated heterocycles. The van der Waals surface area contributed by atoms with Crippen LogP contribution in [0, 0.1) is 0 Å². The Bertz CT molecular complexity index is 459. The molecule has 0 fully saturated rings. The fraction of sp³-hybridized carbons (Fsp3) is 0.167. The molecule has 0 N–H and O–H groups in total. The van der Waals surface area contributed by atoms with E-state index in [-0.39, 0.29) is 0 Å². The Kier molecular flexibility index (Phi) is 3.02. The Labute approximate surface area is 91.4 Å². The zero-order valence-corrected chi connectivity index (χ0v) is 9.29. The summed E-state index contributed by atoms with van der Waals surface area (Å²) in [5, 5.41) is 0.543. The van der Waals surface area contributed by atoms with Crippen LogP contribution in [0.3, 0.4) is 0 Å². The Balaban J connectivity index is 2.15. The van der Waals surface area contributed by atoms with E-state index >= 15 is 0 Å². The summed E-state index contributed by atoms with van der Waals surface area (Å²) >= 11 is 0. The number of benzene rings is 1. The van der Waals surface area contributed by atoms with Crippen molar-refractivity contribution < 1.29 is 8.63 Å². The Morgan fingerprint density at radius 1 is 1.13 bits per heavy atom. The van der Waals surface area contributed by atoms with Gasteiger partial charge in [-0.1, -0.05) is 30.3 Å². The van der Waals surface area contributed by atoms with E-state index in [1.54, 1.807) is 12.3 Å². The van der Waals surface area contributed by atoms with Crippen molar-refractivity contribution in [2.24, 2.45) is 0 Å². The third kappa shape index (κ3) is 2.57. The molecule has 0 aliphatic carbocycles. The van der Waals surface area contributed by atoms with Gasteiger partial charge in [-0.15, -0.1) is 0 Å². The zero-order valence-electron chi connectivity index (χ0n) is 8.47. The summed E-state index contributed by atoms with van der Waals surface area (Å²) in [6.45, 7) is 0. The molecule has 0 bridgehead atoms. The van der Waals surface area contributed by atoms with Gasteiger partial charge >= 0.3 is 0 Å². The van der Waals surface area contributed by atoms with Gasteiger partial charge in [-0.25, -0.2) is 0 Å². The summed E-state index contributed by atoms with van der Waals surface area (Å²) in [5.74, 6) is 0.853. The SMILES string of the molecule is CS(=O)c1ccc(Cc2ccccc2)o1. The van der Waals surface area contributed by atoms with Crippen LogP contribution in [0.5, 0.6) is 0 Å². The molecule has 1 aromatic heterocycles. The summed E-state index contributed by atoms with van der Waals surface area (Å²) in [7, 11) is -1.03. The number of hydrogen-bond acceptors (Lipinski definition) is 2. The topological polar surface area (TPSA) is 30.2 Å². The van der Waals surface area contributed by atoms with Crippen molar-refractivity contribution in [1.29, 1.82) is 0 Å². The van der Waals surface area contributed by atoms with E-state index < -0.39 is 10.8 Å². The van der Waals surface area contributed by atoms with Gasteiger partial charge in [0.15, 0.2) is 5.09 Å². The second-order valence-electron chi connectivity index (χ2n) is 3.34. The monoisotopic (exact) mass is 220 g/mol. The van der Waals surface area contributed by atoms with Gasteiger partial charge in [-0.2, -0.15) is 0 Å². The van der Waals surface area contributed by atoms with Crippen LogP contribution in [0.2, 0.25) is 0 Å². The molecule has 0 saturated carbocycles. The van der Waals surface area contributed by atoms with Gasteiger partial charge in [0.25, 0.3) is 0 Å². The van der Waals surface area contributed by atoms with Gasteiger partial charge < -0.3 is 4.42 Å². The van der Waals surface area contributed by atoms with Gasteiger partial charge in [-0.05, 0) is 17.7 Å². The van der Waals surface area contributed by atoms with Crippen molar-refractivity contribution in [3.8, 4) is 0 Å². The van der Waals surface area contributed by atoms with Crippen LogP contribution in [0.15, 0.2) is 52.0 Å². The van der Waals surface area contributed by atoms with Gasteiger partial charge in [0.05, 0.1) is 10.8 Å². The lowest BCUT2D eigenvalue weighted by atomic mass is 10.1. The molecule has 0 amide bonds. The van der Waals surface area contributed by atoms with E-state index in [1.165, 1.54) is 5.56 Å². The number of furan rings is 1. The van der Waals surface area contributed by atoms with Crippen molar-refractivity contribution in [3.05, 3.63) is 53.8 Å². The largest absolute Gasteiger partial charge is 0.452 e. The molecular weight excluding hydrogens is 208 g/mol. The fourth-order valence-electron chi connectivity index (χ4n) is 1.40. The molecule has 0 radical (unpaired) electrons. The van der Waals surface area contributed by atoms with Crippen LogP contribution in [0.25, 0.3) is 0 Å². The van der Waals surface area contributed by atoms with Gasteiger partial charge in [-0.3, -0.25) is 4.21 Å². The summed E-state index contributed by atoms with van der Waals surface area (Å²) < 4.78 is 16.6. The first kappa shape index (κ1) is 10.2. The first-order chi connectivity index (χ1) is 7.25. The minimum absolute atomic E-state index is 0.543. The third-order valence-corrected chi connectivity index (χ3v) is 2.93. The number of hydrogen-bond donors (Lipinski definition) is 0. The highest BCUT2D eigenvalue weighted by Gasteiger charge is 2.05. The summed E-state index contributed by atoms with van der Waals surface area (Å²) in [5.41, 5.74) is 1.19. The van der Waals surface area contributed by atoms with Crippen LogP contribution >= 0.6 is 0 Å². The second-order valence-corrected chi connectivity index (χ2v) is 4.65. The average Bonchev–Trinajstić information content (AvgIpc) is 2.68. The molecule has 2 nitrogen and oxygen atoms in total. The fourth-order valence-corrected chi connectivity index (χ4v) is 1.89. The molecular formula is C12H12O2S. The lowest BCUT2D eigenvalue weighted by molar-refractivity contribution is 0.433. The van der Waals surface area contributed by atoms with Crippen molar-refractivity contribution in [3.63, 3.8) is 0 Å². The maximum absolute atomic E-state index is 11.1. The molecule has 0 aliphatic rings. The lowest BCUT2D eigenvalue weighted by Gasteiger charge is -1.96. The van der Waals surface area contributed by atoms with Crippen LogP contribution < -0.4 is 0 Å². The molecule has 0 spiro atoms. The van der Waals surface area contributed by atoms with Crippen molar-refractivity contribution in [2.75, 3.05) is 6.26 Å². The molecule has 78 valence electrons. The van der Waals surface area contributed by atoms with Crippen LogP contribution in [-0.2, 0) is 17.2 Å². The molecule has 1 aromatic carbocycles. The average molecular weight is 220 g/mol. The Morgan fingerprint density at radius 3 is 2.47 bits per heavy atom. The van der Waals surface area contributed by atoms with E-state index in [4.69, 9.17) is 4.42 Å². The molecule has 3 heteroatoms. The van der Waals surface area contributed by atoms with Crippen LogP contribution in [0.4, 0.5) is 0 Å². The van der Waals surface area contributed by atoms with Crippen molar-refractivity contribution in [2.45, 2.75) is 11.5 Å². The van der Waals surface area contributed by atoms with E-state index in [1.807, 2.05) is 36.4 Å². The van der Waals surface area contributed by atoms with E-state index in [2.05, 4.69) is 0 Å². The summed E-state index contributed by atoms with van der Waals surface area (Å²) in [6.07, 6.45) is 2.36. The molecule has 2 aromatic rings. The summed E-state index contributed by atoms with van der Waals surface area (Å²) in [6, 6.07) is 13.7. The highest BCUT2D eigenvalue weighted by atomic mass is 32.2. The van der Waals surface area contributed by atoms with Crippen molar-refractivity contribution >= 4 is 10.8 Å². The van der Waals surface area contributed by atoms with Crippen LogP contribution in [0.1, 0.15) is 11.3 Å². The minimum atomic E-state index is -1.03. The van der Waals surface area contributed by atoms with Gasteiger partial charge in [0, 0.05) is 12.7 Å². The highest BCUT2D eigenvalue weighted by molar-refractivity contribution is 7.84. The molecule has 0 aliphatic heterocycles. The third-order valence-electron chi connectivity index (χ3n) is 2.14. The van der Waals surface area contributed by atoms with Crippen molar-refractivity contribution in [1.82, 2.24) is 0 Å². The molecule has 2 rings (SSSR count). The van der Waals surface area contributed by atoms with E-state index in [0.717, 1.165) is 12.2 Å². The van der Waals surface area contributed by atoms with Gasteiger partial charge in [0.1, 0.15) is 5.76 Å². The predicted molar refractivity (Wildman–Crippen MR) is 60.3 cm³/mol. The standard InChI is InChI=1S/C12H12O2S/c1-15(13)12-8-7-11(14-12)9-10-5-3-2-4-6-10/h2-8H,9H2,1H3. The Morgan fingerprint density at radius 2 is 1.87 bits per heavy atom. The minimum Gasteiger partial charge on any atom is -0.452 e. The second kappa shape index (κ2) is 4.45. The summed E-state index contributed by atoms with van der Waals surface area (Å²) in [4.78, 5) is 0. The lowest BCUT2D eigenvalue weighted by Crippen LogP contribution is -1.85. The van der Waals surface area contributed by atoms with E-state index in [0.29, 0.717) is 5.09 Å². The maximum atomic E-state index is 11.1. The number of rotatable bonds is 3. The van der Waals surface area contributed by atoms with E-state index in [9.17, 15) is 4.21 Å². The molecule has 1 unspecified atom stereocenters. The predicted octanol–water partition coefficient (Wildman–Crippen LogP) is 2.61. The maximum Gasteiger partial charge on any atom is 0.190 e. The first-order valence-electron chi connectivity index (χ1n) is 4.72. The molecule has 1 atom stereocenters. The molecule has 1 heterocycles. The first-order valence-corrected chi connectivity index (χ1v) is 6.27. The molecule has 15 heavy (non-hydrogen) atoms. The normalized spacial score (nSPS) is 12.6. The smallest absolute Gasteiger partial charge is 0.190 e. The Hall–Kier alpha value is -1.35. The zero-order chi connectivity index (χ0) is 10.7. The quantitative estimate of drug-likeness (QED) is 0.796. The van der Waals surface area contributed by atoms with Crippen LogP contribution in [-0.4, -0.2) is 10.5 Å². The van der Waals surface area contributed by atoms with Gasteiger partial charge in [0.2, 0.25) is 0 Å². The highest BCUT2D eigenvalue weighted by Crippen LogP contribution is 2.14.